The molecule has 0 radical (unpaired) electrons. The van der Waals surface area contributed by atoms with Crippen molar-refractivity contribution in [3.63, 3.8) is 0 Å². The third-order valence-corrected chi connectivity index (χ3v) is 7.24. The number of carboxylic acids is 1. The highest BCUT2D eigenvalue weighted by Gasteiger charge is 2.45. The number of para-hydroxylation sites is 2. The summed E-state index contributed by atoms with van der Waals surface area (Å²) in [6.45, 7) is 0. The first-order valence-electron chi connectivity index (χ1n) is 12.7. The number of aliphatic carboxylic acids is 1. The molecule has 3 aromatic carbocycles. The van der Waals surface area contributed by atoms with Crippen LogP contribution in [0.15, 0.2) is 90.6 Å². The molecule has 0 bridgehead atoms. The van der Waals surface area contributed by atoms with Crippen LogP contribution in [0.25, 0.3) is 0 Å². The van der Waals surface area contributed by atoms with Crippen molar-refractivity contribution in [2.24, 2.45) is 5.92 Å². The Hall–Kier alpha value is -4.72. The zero-order valence-electron chi connectivity index (χ0n) is 21.4. The summed E-state index contributed by atoms with van der Waals surface area (Å²) in [6, 6.07) is 22.9. The fourth-order valence-electron chi connectivity index (χ4n) is 5.42. The van der Waals surface area contributed by atoms with E-state index in [-0.39, 0.29) is 31.0 Å². The number of nitrogens with one attached hydrogen (secondary N) is 1. The van der Waals surface area contributed by atoms with Gasteiger partial charge in [-0.25, -0.2) is 4.79 Å². The molecule has 0 fully saturated rings. The summed E-state index contributed by atoms with van der Waals surface area (Å²) in [6.07, 6.45) is 1.74. The third-order valence-electron chi connectivity index (χ3n) is 7.24. The van der Waals surface area contributed by atoms with Gasteiger partial charge in [0.2, 0.25) is 5.91 Å². The van der Waals surface area contributed by atoms with E-state index in [1.54, 1.807) is 41.3 Å². The second-order valence-electron chi connectivity index (χ2n) is 9.65. The number of allylic oxidation sites excluding steroid dienone is 1. The lowest BCUT2D eigenvalue weighted by Crippen LogP contribution is -2.42. The number of ether oxygens (including phenoxy) is 1. The number of carbonyl (C=O) groups is 4. The lowest BCUT2D eigenvalue weighted by atomic mass is 9.76. The van der Waals surface area contributed by atoms with Crippen LogP contribution in [-0.2, 0) is 19.1 Å². The average Bonchev–Trinajstić information content (AvgIpc) is 3.10. The number of Topliss-reactive ketones (excluding diaryl/α,β-unsaturated/α-hetero) is 1. The normalized spacial score (nSPS) is 20.0. The number of carboxylic acid groups (broad SMARTS) is 1. The summed E-state index contributed by atoms with van der Waals surface area (Å²) >= 11 is 0. The fraction of sp³-hybridized carbons (Fsp3) is 0.226. The van der Waals surface area contributed by atoms with Gasteiger partial charge in [0.25, 0.3) is 0 Å². The van der Waals surface area contributed by atoms with E-state index < -0.39 is 29.8 Å². The van der Waals surface area contributed by atoms with Gasteiger partial charge in [-0.2, -0.15) is 0 Å². The molecule has 1 amide bonds. The standard InChI is InChI=1S/C31H28N2O6/c1-39-31(38)21-13-11-20(12-14-21)30-29-24(17-22(18-26(29)34)19-7-3-2-4-8-19)32-23-9-5-6-10-25(23)33(30)27(35)15-16-28(36)37/h2-14,17,22,29-30,32H,15-16,18H2,1H3,(H,36,37)/t22-,29-,30+/m1/s1. The van der Waals surface area contributed by atoms with Crippen LogP contribution < -0.4 is 10.2 Å². The van der Waals surface area contributed by atoms with E-state index >= 15 is 0 Å². The topological polar surface area (TPSA) is 113 Å². The van der Waals surface area contributed by atoms with Crippen LogP contribution >= 0.6 is 0 Å². The maximum atomic E-state index is 14.0. The Morgan fingerprint density at radius 3 is 2.31 bits per heavy atom. The molecule has 198 valence electrons. The van der Waals surface area contributed by atoms with Crippen molar-refractivity contribution >= 4 is 35.0 Å². The molecule has 0 aromatic heterocycles. The summed E-state index contributed by atoms with van der Waals surface area (Å²) in [7, 11) is 1.30. The van der Waals surface area contributed by atoms with Crippen LogP contribution in [0.4, 0.5) is 11.4 Å². The number of amides is 1. The third kappa shape index (κ3) is 5.18. The molecule has 1 heterocycles. The first-order chi connectivity index (χ1) is 18.9. The maximum Gasteiger partial charge on any atom is 0.337 e. The molecule has 8 nitrogen and oxygen atoms in total. The smallest absolute Gasteiger partial charge is 0.337 e. The van der Waals surface area contributed by atoms with Crippen molar-refractivity contribution < 1.29 is 29.0 Å². The Labute approximate surface area is 225 Å². The molecule has 0 spiro atoms. The zero-order chi connectivity index (χ0) is 27.5. The number of carbonyl (C=O) groups excluding carboxylic acids is 3. The van der Waals surface area contributed by atoms with Gasteiger partial charge in [0.15, 0.2) is 0 Å². The predicted molar refractivity (Wildman–Crippen MR) is 145 cm³/mol. The summed E-state index contributed by atoms with van der Waals surface area (Å²) in [5, 5.41) is 12.7. The van der Waals surface area contributed by atoms with Crippen LogP contribution in [0.1, 0.15) is 52.7 Å². The van der Waals surface area contributed by atoms with Gasteiger partial charge >= 0.3 is 11.9 Å². The van der Waals surface area contributed by atoms with Gasteiger partial charge in [-0.3, -0.25) is 14.4 Å². The van der Waals surface area contributed by atoms with Gasteiger partial charge in [-0.15, -0.1) is 0 Å². The highest BCUT2D eigenvalue weighted by atomic mass is 16.5. The highest BCUT2D eigenvalue weighted by molar-refractivity contribution is 6.02. The number of fused-ring (bicyclic) bond motifs is 2. The molecule has 3 atom stereocenters. The number of hydrogen-bond donors (Lipinski definition) is 2. The number of esters is 1. The van der Waals surface area contributed by atoms with Crippen molar-refractivity contribution in [1.29, 1.82) is 0 Å². The fourth-order valence-corrected chi connectivity index (χ4v) is 5.42. The Bertz CT molecular complexity index is 1450. The van der Waals surface area contributed by atoms with Gasteiger partial charge in [0, 0.05) is 24.5 Å². The molecule has 39 heavy (non-hydrogen) atoms. The number of nitrogens with zero attached hydrogens (tertiary/aromatic N) is 1. The number of anilines is 2. The second kappa shape index (κ2) is 10.9. The number of ketones is 1. The van der Waals surface area contributed by atoms with E-state index in [2.05, 4.69) is 11.4 Å². The molecule has 0 saturated heterocycles. The molecule has 5 rings (SSSR count). The summed E-state index contributed by atoms with van der Waals surface area (Å²) < 4.78 is 4.83. The van der Waals surface area contributed by atoms with Crippen LogP contribution in [0.2, 0.25) is 0 Å². The van der Waals surface area contributed by atoms with E-state index in [0.29, 0.717) is 28.2 Å². The first kappa shape index (κ1) is 25.9. The van der Waals surface area contributed by atoms with Crippen molar-refractivity contribution in [2.45, 2.75) is 31.2 Å². The molecular formula is C31H28N2O6. The summed E-state index contributed by atoms with van der Waals surface area (Å²) in [4.78, 5) is 52.7. The van der Waals surface area contributed by atoms with Crippen LogP contribution in [0.5, 0.6) is 0 Å². The minimum atomic E-state index is -1.08. The van der Waals surface area contributed by atoms with E-state index in [1.807, 2.05) is 42.5 Å². The summed E-state index contributed by atoms with van der Waals surface area (Å²) in [5.41, 5.74) is 3.88. The molecule has 0 unspecified atom stereocenters. The van der Waals surface area contributed by atoms with Crippen molar-refractivity contribution in [1.82, 2.24) is 0 Å². The van der Waals surface area contributed by atoms with Gasteiger partial charge in [-0.1, -0.05) is 60.7 Å². The molecule has 0 saturated carbocycles. The molecule has 1 aliphatic heterocycles. The number of hydrogen-bond acceptors (Lipinski definition) is 6. The maximum absolute atomic E-state index is 14.0. The average molecular weight is 525 g/mol. The molecule has 2 N–H and O–H groups in total. The minimum absolute atomic E-state index is 0.0419. The van der Waals surface area contributed by atoms with Crippen LogP contribution in [0, 0.1) is 5.92 Å². The van der Waals surface area contributed by atoms with Crippen molar-refractivity contribution in [2.75, 3.05) is 17.3 Å². The van der Waals surface area contributed by atoms with Crippen molar-refractivity contribution in [3.8, 4) is 0 Å². The zero-order valence-corrected chi connectivity index (χ0v) is 21.4. The number of benzene rings is 3. The van der Waals surface area contributed by atoms with Crippen molar-refractivity contribution in [3.05, 3.63) is 107 Å². The highest BCUT2D eigenvalue weighted by Crippen LogP contribution is 2.48. The predicted octanol–water partition coefficient (Wildman–Crippen LogP) is 5.09. The van der Waals surface area contributed by atoms with E-state index in [9.17, 15) is 24.3 Å². The van der Waals surface area contributed by atoms with Gasteiger partial charge in [0.05, 0.1) is 42.4 Å². The Morgan fingerprint density at radius 2 is 1.62 bits per heavy atom. The largest absolute Gasteiger partial charge is 0.481 e. The van der Waals surface area contributed by atoms with Gasteiger partial charge in [0.1, 0.15) is 5.78 Å². The molecule has 2 aliphatic rings. The quantitative estimate of drug-likeness (QED) is 0.432. The first-order valence-corrected chi connectivity index (χ1v) is 12.7. The Balaban J connectivity index is 1.68. The Kier molecular flexibility index (Phi) is 7.27. The van der Waals surface area contributed by atoms with E-state index in [1.165, 1.54) is 7.11 Å². The molecular weight excluding hydrogens is 496 g/mol. The second-order valence-corrected chi connectivity index (χ2v) is 9.65. The number of methoxy groups -OCH3 is 1. The van der Waals surface area contributed by atoms with Crippen LogP contribution in [-0.4, -0.2) is 35.8 Å². The van der Waals surface area contributed by atoms with Gasteiger partial charge < -0.3 is 20.1 Å². The minimum Gasteiger partial charge on any atom is -0.481 e. The summed E-state index contributed by atoms with van der Waals surface area (Å²) in [5.74, 6) is -2.89. The van der Waals surface area contributed by atoms with E-state index in [0.717, 1.165) is 5.56 Å². The number of rotatable bonds is 6. The van der Waals surface area contributed by atoms with Crippen LogP contribution in [0.3, 0.4) is 0 Å². The lowest BCUT2D eigenvalue weighted by Gasteiger charge is -2.37. The van der Waals surface area contributed by atoms with Gasteiger partial charge in [-0.05, 0) is 35.4 Å². The van der Waals surface area contributed by atoms with E-state index in [4.69, 9.17) is 4.74 Å². The molecule has 8 heteroatoms. The monoisotopic (exact) mass is 524 g/mol. The lowest BCUT2D eigenvalue weighted by molar-refractivity contribution is -0.138. The molecule has 3 aromatic rings. The SMILES string of the molecule is COC(=O)c1ccc([C@H]2[C@H]3C(=O)C[C@H](c4ccccc4)C=C3Nc3ccccc3N2C(=O)CCC(=O)O)cc1. The Morgan fingerprint density at radius 1 is 0.923 bits per heavy atom. The molecule has 1 aliphatic carbocycles.